The Bertz CT molecular complexity index is 384. The topological polar surface area (TPSA) is 43.1 Å². The van der Waals surface area contributed by atoms with Gasteiger partial charge in [0.15, 0.2) is 0 Å². The summed E-state index contributed by atoms with van der Waals surface area (Å²) in [7, 11) is 0. The third kappa shape index (κ3) is 1.43. The SMILES string of the molecule is C=c1ccc([N+](=O)[O-])cc1=C. The quantitative estimate of drug-likeness (QED) is 0.429. The molecule has 0 saturated heterocycles. The first kappa shape index (κ1) is 7.47. The van der Waals surface area contributed by atoms with Gasteiger partial charge in [-0.1, -0.05) is 13.2 Å². The molecule has 0 radical (unpaired) electrons. The Morgan fingerprint density at radius 2 is 1.91 bits per heavy atom. The molecule has 0 spiro atoms. The summed E-state index contributed by atoms with van der Waals surface area (Å²) in [6.45, 7) is 7.23. The second-order valence-electron chi connectivity index (χ2n) is 2.21. The van der Waals surface area contributed by atoms with Crippen LogP contribution in [-0.4, -0.2) is 4.92 Å². The highest BCUT2D eigenvalue weighted by atomic mass is 16.6. The molecule has 0 fully saturated rings. The minimum atomic E-state index is -0.450. The molecule has 0 bridgehead atoms. The highest BCUT2D eigenvalue weighted by Gasteiger charge is 2.01. The van der Waals surface area contributed by atoms with Crippen LogP contribution in [0.25, 0.3) is 13.2 Å². The average Bonchev–Trinajstić information content (AvgIpc) is 1.94. The molecule has 0 heterocycles. The lowest BCUT2D eigenvalue weighted by atomic mass is 10.2. The van der Waals surface area contributed by atoms with Crippen LogP contribution in [0.1, 0.15) is 0 Å². The molecule has 3 nitrogen and oxygen atoms in total. The first-order valence-electron chi connectivity index (χ1n) is 3.03. The zero-order valence-electron chi connectivity index (χ0n) is 5.91. The van der Waals surface area contributed by atoms with E-state index in [9.17, 15) is 10.1 Å². The molecule has 0 unspecified atom stereocenters. The van der Waals surface area contributed by atoms with Gasteiger partial charge in [-0.2, -0.15) is 0 Å². The molecule has 1 aromatic rings. The van der Waals surface area contributed by atoms with Gasteiger partial charge in [-0.15, -0.1) is 0 Å². The Labute approximate surface area is 63.4 Å². The van der Waals surface area contributed by atoms with Crippen molar-refractivity contribution in [2.45, 2.75) is 0 Å². The molecule has 11 heavy (non-hydrogen) atoms. The predicted octanol–water partition coefficient (Wildman–Crippen LogP) is 0.415. The van der Waals surface area contributed by atoms with Crippen molar-refractivity contribution in [1.29, 1.82) is 0 Å². The third-order valence-corrected chi connectivity index (χ3v) is 1.40. The number of benzene rings is 1. The van der Waals surface area contributed by atoms with Crippen LogP contribution in [0.4, 0.5) is 5.69 Å². The van der Waals surface area contributed by atoms with E-state index in [4.69, 9.17) is 0 Å². The maximum atomic E-state index is 10.2. The summed E-state index contributed by atoms with van der Waals surface area (Å²) >= 11 is 0. The lowest BCUT2D eigenvalue weighted by Gasteiger charge is -1.88. The van der Waals surface area contributed by atoms with E-state index >= 15 is 0 Å². The second kappa shape index (κ2) is 2.54. The number of hydrogen-bond donors (Lipinski definition) is 0. The van der Waals surface area contributed by atoms with Crippen molar-refractivity contribution >= 4 is 18.8 Å². The van der Waals surface area contributed by atoms with Crippen molar-refractivity contribution in [2.75, 3.05) is 0 Å². The average molecular weight is 149 g/mol. The number of non-ortho nitro benzene ring substituents is 1. The molecule has 3 heteroatoms. The molecule has 0 saturated carbocycles. The van der Waals surface area contributed by atoms with E-state index in [0.717, 1.165) is 5.22 Å². The van der Waals surface area contributed by atoms with Crippen molar-refractivity contribution < 1.29 is 4.92 Å². The van der Waals surface area contributed by atoms with Gasteiger partial charge in [-0.05, 0) is 16.5 Å². The summed E-state index contributed by atoms with van der Waals surface area (Å²) in [6, 6.07) is 4.40. The first-order valence-corrected chi connectivity index (χ1v) is 3.03. The Morgan fingerprint density at radius 1 is 1.27 bits per heavy atom. The van der Waals surface area contributed by atoms with Crippen molar-refractivity contribution in [1.82, 2.24) is 0 Å². The fourth-order valence-corrected chi connectivity index (χ4v) is 0.726. The molecule has 0 amide bonds. The van der Waals surface area contributed by atoms with Crippen molar-refractivity contribution in [3.8, 4) is 0 Å². The van der Waals surface area contributed by atoms with Gasteiger partial charge in [0, 0.05) is 12.1 Å². The zero-order chi connectivity index (χ0) is 8.43. The fourth-order valence-electron chi connectivity index (χ4n) is 0.726. The molecule has 1 aromatic carbocycles. The van der Waals surface area contributed by atoms with Crippen molar-refractivity contribution in [3.63, 3.8) is 0 Å². The van der Waals surface area contributed by atoms with Crippen LogP contribution in [0.5, 0.6) is 0 Å². The summed E-state index contributed by atoms with van der Waals surface area (Å²) in [5.41, 5.74) is 0.0578. The minimum absolute atomic E-state index is 0.0578. The maximum absolute atomic E-state index is 10.2. The molecule has 56 valence electrons. The van der Waals surface area contributed by atoms with Gasteiger partial charge in [-0.25, -0.2) is 0 Å². The second-order valence-corrected chi connectivity index (χ2v) is 2.21. The molecule has 1 rings (SSSR count). The van der Waals surface area contributed by atoms with Crippen LogP contribution in [-0.2, 0) is 0 Å². The molecule has 0 atom stereocenters. The van der Waals surface area contributed by atoms with Crippen LogP contribution in [0, 0.1) is 10.1 Å². The standard InChI is InChI=1S/C8H7NO2/c1-6-3-4-8(9(10)11)5-7(6)2/h3-5H,1-2H2. The van der Waals surface area contributed by atoms with Gasteiger partial charge in [-0.3, -0.25) is 10.1 Å². The molecule has 0 aliphatic carbocycles. The summed E-state index contributed by atoms with van der Waals surface area (Å²) < 4.78 is 0. The summed E-state index contributed by atoms with van der Waals surface area (Å²) in [4.78, 5) is 9.77. The van der Waals surface area contributed by atoms with Gasteiger partial charge in [0.1, 0.15) is 0 Å². The normalized spacial score (nSPS) is 9.45. The molecule has 0 aromatic heterocycles. The van der Waals surface area contributed by atoms with Crippen molar-refractivity contribution in [3.05, 3.63) is 38.8 Å². The third-order valence-electron chi connectivity index (χ3n) is 1.40. The number of nitro groups is 1. The number of nitrogens with zero attached hydrogens (tertiary/aromatic N) is 1. The van der Waals surface area contributed by atoms with Crippen LogP contribution in [0.3, 0.4) is 0 Å². The lowest BCUT2D eigenvalue weighted by Crippen LogP contribution is -2.20. The van der Waals surface area contributed by atoms with E-state index in [-0.39, 0.29) is 5.69 Å². The number of nitro benzene ring substituents is 1. The van der Waals surface area contributed by atoms with E-state index in [1.54, 1.807) is 6.07 Å². The van der Waals surface area contributed by atoms with Crippen LogP contribution in [0.15, 0.2) is 18.2 Å². The zero-order valence-corrected chi connectivity index (χ0v) is 5.91. The van der Waals surface area contributed by atoms with E-state index in [2.05, 4.69) is 13.2 Å². The highest BCUT2D eigenvalue weighted by molar-refractivity contribution is 5.32. The van der Waals surface area contributed by atoms with Gasteiger partial charge in [0.2, 0.25) is 0 Å². The van der Waals surface area contributed by atoms with Gasteiger partial charge >= 0.3 is 0 Å². The predicted molar refractivity (Wildman–Crippen MR) is 43.4 cm³/mol. The molecular weight excluding hydrogens is 142 g/mol. The van der Waals surface area contributed by atoms with Gasteiger partial charge in [0.05, 0.1) is 4.92 Å². The maximum Gasteiger partial charge on any atom is 0.270 e. The Morgan fingerprint density at radius 3 is 2.36 bits per heavy atom. The molecule has 0 N–H and O–H groups in total. The van der Waals surface area contributed by atoms with Crippen LogP contribution >= 0.6 is 0 Å². The van der Waals surface area contributed by atoms with Gasteiger partial charge in [0.25, 0.3) is 5.69 Å². The highest BCUT2D eigenvalue weighted by Crippen LogP contribution is 2.02. The fraction of sp³-hybridized carbons (Fsp3) is 0. The number of hydrogen-bond acceptors (Lipinski definition) is 2. The van der Waals surface area contributed by atoms with Crippen LogP contribution < -0.4 is 10.4 Å². The lowest BCUT2D eigenvalue weighted by molar-refractivity contribution is -0.385. The largest absolute Gasteiger partial charge is 0.270 e. The summed E-state index contributed by atoms with van der Waals surface area (Å²) in [5, 5.41) is 11.5. The van der Waals surface area contributed by atoms with E-state index in [1.807, 2.05) is 0 Å². The number of rotatable bonds is 1. The van der Waals surface area contributed by atoms with Crippen LogP contribution in [0.2, 0.25) is 0 Å². The Balaban J connectivity index is 3.38. The Hall–Kier alpha value is -1.64. The van der Waals surface area contributed by atoms with Gasteiger partial charge < -0.3 is 0 Å². The van der Waals surface area contributed by atoms with E-state index in [1.165, 1.54) is 12.1 Å². The summed E-state index contributed by atoms with van der Waals surface area (Å²) in [5.74, 6) is 0. The Kier molecular flexibility index (Phi) is 1.72. The monoisotopic (exact) mass is 149 g/mol. The van der Waals surface area contributed by atoms with Crippen molar-refractivity contribution in [2.24, 2.45) is 0 Å². The molecular formula is C8H7NO2. The molecule has 0 aliphatic heterocycles. The molecule has 0 aliphatic rings. The summed E-state index contributed by atoms with van der Waals surface area (Å²) in [6.07, 6.45) is 0. The minimum Gasteiger partial charge on any atom is -0.258 e. The van der Waals surface area contributed by atoms with E-state index in [0.29, 0.717) is 5.22 Å². The first-order chi connectivity index (χ1) is 5.11. The smallest absolute Gasteiger partial charge is 0.258 e. The van der Waals surface area contributed by atoms with E-state index < -0.39 is 4.92 Å².